The van der Waals surface area contributed by atoms with Gasteiger partial charge in [0.2, 0.25) is 5.95 Å². The first kappa shape index (κ1) is 12.8. The molecule has 0 bridgehead atoms. The van der Waals surface area contributed by atoms with E-state index in [1.807, 2.05) is 21.0 Å². The number of anilines is 1. The molecule has 16 heavy (non-hydrogen) atoms. The number of hydrogen-bond donors (Lipinski definition) is 1. The SMILES string of the molecule is CCC(Sc1ccnc(N(C)C)n1)C(=O)O. The molecule has 6 heteroatoms. The van der Waals surface area contributed by atoms with Crippen molar-refractivity contribution in [2.24, 2.45) is 0 Å². The minimum Gasteiger partial charge on any atom is -0.480 e. The van der Waals surface area contributed by atoms with Crippen molar-refractivity contribution < 1.29 is 9.90 Å². The molecule has 0 fully saturated rings. The van der Waals surface area contributed by atoms with Crippen LogP contribution in [0.5, 0.6) is 0 Å². The summed E-state index contributed by atoms with van der Waals surface area (Å²) < 4.78 is 0. The Morgan fingerprint density at radius 1 is 1.62 bits per heavy atom. The predicted octanol–water partition coefficient (Wildman–Crippen LogP) is 1.50. The van der Waals surface area contributed by atoms with Crippen LogP contribution < -0.4 is 4.90 Å². The maximum Gasteiger partial charge on any atom is 0.317 e. The van der Waals surface area contributed by atoms with Gasteiger partial charge in [-0.1, -0.05) is 18.7 Å². The standard InChI is InChI=1S/C10H15N3O2S/c1-4-7(9(14)15)16-8-5-6-11-10(12-8)13(2)3/h5-7H,4H2,1-3H3,(H,14,15). The van der Waals surface area contributed by atoms with Gasteiger partial charge in [0.05, 0.1) is 0 Å². The van der Waals surface area contributed by atoms with E-state index < -0.39 is 11.2 Å². The van der Waals surface area contributed by atoms with Gasteiger partial charge >= 0.3 is 5.97 Å². The summed E-state index contributed by atoms with van der Waals surface area (Å²) in [5.41, 5.74) is 0. The van der Waals surface area contributed by atoms with E-state index in [4.69, 9.17) is 5.11 Å². The van der Waals surface area contributed by atoms with Crippen LogP contribution in [0, 0.1) is 0 Å². The lowest BCUT2D eigenvalue weighted by Gasteiger charge is -2.12. The first-order valence-electron chi connectivity index (χ1n) is 4.94. The van der Waals surface area contributed by atoms with Crippen molar-refractivity contribution in [3.05, 3.63) is 12.3 Å². The highest BCUT2D eigenvalue weighted by molar-refractivity contribution is 8.00. The molecule has 0 saturated heterocycles. The molecule has 0 saturated carbocycles. The Balaban J connectivity index is 2.80. The molecule has 0 aliphatic carbocycles. The van der Waals surface area contributed by atoms with Crippen molar-refractivity contribution in [1.82, 2.24) is 9.97 Å². The van der Waals surface area contributed by atoms with E-state index in [2.05, 4.69) is 9.97 Å². The lowest BCUT2D eigenvalue weighted by molar-refractivity contribution is -0.136. The number of hydrogen-bond acceptors (Lipinski definition) is 5. The Morgan fingerprint density at radius 3 is 2.81 bits per heavy atom. The van der Waals surface area contributed by atoms with Crippen molar-refractivity contribution in [3.8, 4) is 0 Å². The Labute approximate surface area is 98.9 Å². The van der Waals surface area contributed by atoms with Gasteiger partial charge < -0.3 is 10.0 Å². The van der Waals surface area contributed by atoms with Crippen LogP contribution in [0.15, 0.2) is 17.3 Å². The maximum atomic E-state index is 10.9. The molecule has 0 aromatic carbocycles. The van der Waals surface area contributed by atoms with Crippen LogP contribution in [0.3, 0.4) is 0 Å². The van der Waals surface area contributed by atoms with Crippen molar-refractivity contribution in [2.45, 2.75) is 23.6 Å². The molecular weight excluding hydrogens is 226 g/mol. The van der Waals surface area contributed by atoms with Crippen molar-refractivity contribution in [2.75, 3.05) is 19.0 Å². The molecule has 0 aliphatic heterocycles. The normalized spacial score (nSPS) is 12.2. The van der Waals surface area contributed by atoms with E-state index >= 15 is 0 Å². The first-order chi connectivity index (χ1) is 7.54. The summed E-state index contributed by atoms with van der Waals surface area (Å²) in [7, 11) is 3.69. The van der Waals surface area contributed by atoms with Crippen molar-refractivity contribution in [1.29, 1.82) is 0 Å². The number of carboxylic acid groups (broad SMARTS) is 1. The van der Waals surface area contributed by atoms with E-state index in [0.29, 0.717) is 17.4 Å². The molecule has 0 radical (unpaired) electrons. The van der Waals surface area contributed by atoms with E-state index in [0.717, 1.165) is 0 Å². The molecule has 0 amide bonds. The molecule has 0 aliphatic rings. The maximum absolute atomic E-state index is 10.9. The number of aromatic nitrogens is 2. The van der Waals surface area contributed by atoms with Crippen LogP contribution >= 0.6 is 11.8 Å². The van der Waals surface area contributed by atoms with Crippen LogP contribution in [-0.4, -0.2) is 40.4 Å². The van der Waals surface area contributed by atoms with Crippen LogP contribution in [0.4, 0.5) is 5.95 Å². The summed E-state index contributed by atoms with van der Waals surface area (Å²) in [6.07, 6.45) is 2.21. The monoisotopic (exact) mass is 241 g/mol. The fraction of sp³-hybridized carbons (Fsp3) is 0.500. The van der Waals surface area contributed by atoms with Gasteiger partial charge in [0.1, 0.15) is 10.3 Å². The fourth-order valence-corrected chi connectivity index (χ4v) is 1.90. The van der Waals surface area contributed by atoms with Gasteiger partial charge in [0, 0.05) is 20.3 Å². The Kier molecular flexibility index (Phi) is 4.54. The lowest BCUT2D eigenvalue weighted by atomic mass is 10.3. The molecule has 1 N–H and O–H groups in total. The number of carbonyl (C=O) groups is 1. The molecule has 1 atom stereocenters. The van der Waals surface area contributed by atoms with Gasteiger partial charge in [-0.25, -0.2) is 9.97 Å². The number of aliphatic carboxylic acids is 1. The molecular formula is C10H15N3O2S. The molecule has 1 unspecified atom stereocenters. The second kappa shape index (κ2) is 5.69. The van der Waals surface area contributed by atoms with Gasteiger partial charge in [-0.3, -0.25) is 4.79 Å². The van der Waals surface area contributed by atoms with E-state index in [1.54, 1.807) is 17.2 Å². The summed E-state index contributed by atoms with van der Waals surface area (Å²) in [4.78, 5) is 21.0. The number of carboxylic acids is 1. The Bertz CT molecular complexity index is 371. The van der Waals surface area contributed by atoms with Crippen LogP contribution in [0.1, 0.15) is 13.3 Å². The van der Waals surface area contributed by atoms with Gasteiger partial charge in [-0.15, -0.1) is 0 Å². The van der Waals surface area contributed by atoms with E-state index in [-0.39, 0.29) is 0 Å². The predicted molar refractivity (Wildman–Crippen MR) is 63.9 cm³/mol. The zero-order valence-corrected chi connectivity index (χ0v) is 10.4. The molecule has 5 nitrogen and oxygen atoms in total. The number of nitrogens with zero attached hydrogens (tertiary/aromatic N) is 3. The van der Waals surface area contributed by atoms with Crippen LogP contribution in [-0.2, 0) is 4.79 Å². The molecule has 0 spiro atoms. The van der Waals surface area contributed by atoms with Crippen LogP contribution in [0.25, 0.3) is 0 Å². The summed E-state index contributed by atoms with van der Waals surface area (Å²) >= 11 is 1.25. The molecule has 1 aromatic rings. The van der Waals surface area contributed by atoms with E-state index in [9.17, 15) is 4.79 Å². The zero-order chi connectivity index (χ0) is 12.1. The quantitative estimate of drug-likeness (QED) is 0.622. The Hall–Kier alpha value is -1.30. The highest BCUT2D eigenvalue weighted by Crippen LogP contribution is 2.24. The van der Waals surface area contributed by atoms with Gasteiger partial charge in [-0.2, -0.15) is 0 Å². The Morgan fingerprint density at radius 2 is 2.31 bits per heavy atom. The third kappa shape index (κ3) is 3.37. The second-order valence-electron chi connectivity index (χ2n) is 3.44. The fourth-order valence-electron chi connectivity index (χ4n) is 1.07. The molecule has 1 rings (SSSR count). The minimum absolute atomic E-state index is 0.454. The summed E-state index contributed by atoms with van der Waals surface area (Å²) in [5, 5.41) is 9.17. The highest BCUT2D eigenvalue weighted by Gasteiger charge is 2.17. The first-order valence-corrected chi connectivity index (χ1v) is 5.82. The molecule has 1 aromatic heterocycles. The van der Waals surface area contributed by atoms with Crippen molar-refractivity contribution >= 4 is 23.7 Å². The third-order valence-electron chi connectivity index (χ3n) is 1.93. The molecule has 88 valence electrons. The van der Waals surface area contributed by atoms with Crippen LogP contribution in [0.2, 0.25) is 0 Å². The van der Waals surface area contributed by atoms with Gasteiger partial charge in [0.25, 0.3) is 0 Å². The third-order valence-corrected chi connectivity index (χ3v) is 3.21. The zero-order valence-electron chi connectivity index (χ0n) is 9.54. The van der Waals surface area contributed by atoms with Gasteiger partial charge in [-0.05, 0) is 12.5 Å². The summed E-state index contributed by atoms with van der Waals surface area (Å²) in [6.45, 7) is 1.85. The smallest absolute Gasteiger partial charge is 0.317 e. The molecule has 1 heterocycles. The average molecular weight is 241 g/mol. The summed E-state index contributed by atoms with van der Waals surface area (Å²) in [5.74, 6) is -0.220. The number of rotatable bonds is 5. The largest absolute Gasteiger partial charge is 0.480 e. The second-order valence-corrected chi connectivity index (χ2v) is 4.67. The van der Waals surface area contributed by atoms with E-state index in [1.165, 1.54) is 11.8 Å². The van der Waals surface area contributed by atoms with Gasteiger partial charge in [0.15, 0.2) is 0 Å². The minimum atomic E-state index is -0.808. The highest BCUT2D eigenvalue weighted by atomic mass is 32.2. The van der Waals surface area contributed by atoms with Crippen molar-refractivity contribution in [3.63, 3.8) is 0 Å². The summed E-state index contributed by atoms with van der Waals surface area (Å²) in [6, 6.07) is 1.73. The average Bonchev–Trinajstić information content (AvgIpc) is 2.25. The lowest BCUT2D eigenvalue weighted by Crippen LogP contribution is -2.16. The topological polar surface area (TPSA) is 66.3 Å². The number of thioether (sulfide) groups is 1.